The van der Waals surface area contributed by atoms with E-state index in [4.69, 9.17) is 19.4 Å². The molecular weight excluding hydrogens is 528 g/mol. The molecule has 9 rings (SSSR count). The van der Waals surface area contributed by atoms with Crippen molar-refractivity contribution < 1.29 is 4.42 Å². The van der Waals surface area contributed by atoms with E-state index in [0.717, 1.165) is 50.5 Å². The summed E-state index contributed by atoms with van der Waals surface area (Å²) in [4.78, 5) is 15.2. The highest BCUT2D eigenvalue weighted by Crippen LogP contribution is 2.46. The van der Waals surface area contributed by atoms with E-state index in [1.54, 1.807) is 0 Å². The molecule has 0 aliphatic heterocycles. The van der Waals surface area contributed by atoms with Crippen LogP contribution in [0.1, 0.15) is 18.1 Å². The van der Waals surface area contributed by atoms with Gasteiger partial charge in [-0.1, -0.05) is 116 Å². The van der Waals surface area contributed by atoms with Crippen molar-refractivity contribution in [3.05, 3.63) is 126 Å². The Morgan fingerprint density at radius 3 is 2.02 bits per heavy atom. The number of hydrogen-bond donors (Lipinski definition) is 0. The van der Waals surface area contributed by atoms with Crippen LogP contribution in [-0.4, -0.2) is 19.5 Å². The summed E-state index contributed by atoms with van der Waals surface area (Å²) in [7, 11) is 0. The summed E-state index contributed by atoms with van der Waals surface area (Å²) in [5.41, 5.74) is 8.24. The lowest BCUT2D eigenvalue weighted by atomic mass is 9.85. The number of furan rings is 1. The molecular formula is C38H26N4O. The molecule has 0 spiro atoms. The second-order valence-electron chi connectivity index (χ2n) is 11.3. The van der Waals surface area contributed by atoms with Crippen LogP contribution in [0, 0.1) is 5.92 Å². The van der Waals surface area contributed by atoms with Crippen molar-refractivity contribution >= 4 is 49.8 Å². The van der Waals surface area contributed by atoms with Crippen LogP contribution in [-0.2, 0) is 6.42 Å². The number of benzene rings is 5. The summed E-state index contributed by atoms with van der Waals surface area (Å²) in [6.45, 7) is 2.28. The van der Waals surface area contributed by atoms with E-state index >= 15 is 0 Å². The Morgan fingerprint density at radius 1 is 0.674 bits per heavy atom. The Kier molecular flexibility index (Phi) is 5.17. The van der Waals surface area contributed by atoms with E-state index < -0.39 is 0 Å². The molecule has 0 radical (unpaired) electrons. The van der Waals surface area contributed by atoms with Crippen molar-refractivity contribution in [1.82, 2.24) is 19.5 Å². The van der Waals surface area contributed by atoms with Gasteiger partial charge >= 0.3 is 0 Å². The first-order chi connectivity index (χ1) is 21.2. The highest BCUT2D eigenvalue weighted by Gasteiger charge is 2.28. The zero-order valence-corrected chi connectivity index (χ0v) is 23.5. The molecule has 0 fully saturated rings. The van der Waals surface area contributed by atoms with E-state index in [2.05, 4.69) is 66.1 Å². The van der Waals surface area contributed by atoms with Crippen LogP contribution < -0.4 is 0 Å². The van der Waals surface area contributed by atoms with Crippen molar-refractivity contribution in [1.29, 1.82) is 0 Å². The van der Waals surface area contributed by atoms with E-state index in [9.17, 15) is 0 Å². The van der Waals surface area contributed by atoms with Gasteiger partial charge in [0.05, 0.1) is 5.52 Å². The summed E-state index contributed by atoms with van der Waals surface area (Å²) < 4.78 is 8.95. The highest BCUT2D eigenvalue weighted by molar-refractivity contribution is 6.25. The summed E-state index contributed by atoms with van der Waals surface area (Å²) in [5.74, 6) is 2.26. The average Bonchev–Trinajstić information content (AvgIpc) is 3.62. The predicted molar refractivity (Wildman–Crippen MR) is 174 cm³/mol. The van der Waals surface area contributed by atoms with Gasteiger partial charge in [-0.25, -0.2) is 4.98 Å². The van der Waals surface area contributed by atoms with E-state index in [1.165, 1.54) is 21.9 Å². The molecule has 1 unspecified atom stereocenters. The van der Waals surface area contributed by atoms with Crippen LogP contribution in [0.15, 0.2) is 120 Å². The van der Waals surface area contributed by atoms with Crippen molar-refractivity contribution in [2.45, 2.75) is 13.3 Å². The standard InChI is InChI=1S/C38H26N4O/c1-23-20-21-26-29(22-23)32-27-16-8-10-18-30(27)42(34(32)35-33(26)28-17-9-11-19-31(28)43-35)38-40-36(24-12-4-2-5-13-24)39-37(41-38)25-14-6-3-7-15-25/h2-21,23H,22H2,1H3. The van der Waals surface area contributed by atoms with Crippen molar-refractivity contribution in [2.75, 3.05) is 0 Å². The topological polar surface area (TPSA) is 56.7 Å². The van der Waals surface area contributed by atoms with Crippen molar-refractivity contribution in [3.63, 3.8) is 0 Å². The summed E-state index contributed by atoms with van der Waals surface area (Å²) in [5, 5.41) is 4.64. The van der Waals surface area contributed by atoms with Gasteiger partial charge in [0, 0.05) is 32.7 Å². The predicted octanol–water partition coefficient (Wildman–Crippen LogP) is 9.41. The second-order valence-corrected chi connectivity index (χ2v) is 11.3. The second kappa shape index (κ2) is 9.23. The van der Waals surface area contributed by atoms with Crippen LogP contribution in [0.3, 0.4) is 0 Å². The fraction of sp³-hybridized carbons (Fsp3) is 0.0789. The number of para-hydroxylation sites is 2. The highest BCUT2D eigenvalue weighted by atomic mass is 16.3. The third kappa shape index (κ3) is 3.61. The minimum atomic E-state index is 0.431. The quantitative estimate of drug-likeness (QED) is 0.218. The van der Waals surface area contributed by atoms with Crippen LogP contribution in [0.5, 0.6) is 0 Å². The number of nitrogens with zero attached hydrogens (tertiary/aromatic N) is 4. The minimum Gasteiger partial charge on any atom is -0.454 e. The monoisotopic (exact) mass is 554 g/mol. The molecule has 1 aliphatic carbocycles. The molecule has 8 aromatic rings. The molecule has 5 heteroatoms. The number of aromatic nitrogens is 4. The Bertz CT molecular complexity index is 2330. The molecule has 0 saturated heterocycles. The Balaban J connectivity index is 1.48. The van der Waals surface area contributed by atoms with Gasteiger partial charge in [-0.15, -0.1) is 0 Å². The summed E-state index contributed by atoms with van der Waals surface area (Å²) in [6, 6.07) is 37.1. The van der Waals surface area contributed by atoms with E-state index in [-0.39, 0.29) is 0 Å². The van der Waals surface area contributed by atoms with Gasteiger partial charge in [0.25, 0.3) is 0 Å². The van der Waals surface area contributed by atoms with Crippen LogP contribution >= 0.6 is 0 Å². The first-order valence-electron chi connectivity index (χ1n) is 14.7. The fourth-order valence-corrected chi connectivity index (χ4v) is 6.68. The van der Waals surface area contributed by atoms with Crippen molar-refractivity contribution in [3.8, 4) is 28.7 Å². The largest absolute Gasteiger partial charge is 0.454 e. The molecule has 0 amide bonds. The maximum Gasteiger partial charge on any atom is 0.238 e. The molecule has 43 heavy (non-hydrogen) atoms. The average molecular weight is 555 g/mol. The van der Waals surface area contributed by atoms with Crippen LogP contribution in [0.2, 0.25) is 0 Å². The zero-order chi connectivity index (χ0) is 28.5. The van der Waals surface area contributed by atoms with E-state index in [0.29, 0.717) is 23.5 Å². The van der Waals surface area contributed by atoms with Gasteiger partial charge in [-0.2, -0.15) is 9.97 Å². The molecule has 5 aromatic carbocycles. The molecule has 5 nitrogen and oxygen atoms in total. The third-order valence-electron chi connectivity index (χ3n) is 8.59. The van der Waals surface area contributed by atoms with Gasteiger partial charge < -0.3 is 4.42 Å². The molecule has 0 N–H and O–H groups in total. The first-order valence-corrected chi connectivity index (χ1v) is 14.7. The van der Waals surface area contributed by atoms with Gasteiger partial charge in [0.2, 0.25) is 5.95 Å². The first kappa shape index (κ1) is 24.1. The maximum absolute atomic E-state index is 6.75. The Morgan fingerprint density at radius 2 is 1.30 bits per heavy atom. The summed E-state index contributed by atoms with van der Waals surface area (Å²) >= 11 is 0. The van der Waals surface area contributed by atoms with Gasteiger partial charge in [-0.3, -0.25) is 4.57 Å². The van der Waals surface area contributed by atoms with Gasteiger partial charge in [0.15, 0.2) is 17.2 Å². The zero-order valence-electron chi connectivity index (χ0n) is 23.5. The maximum atomic E-state index is 6.75. The molecule has 3 heterocycles. The number of fused-ring (bicyclic) bond motifs is 10. The fourth-order valence-electron chi connectivity index (χ4n) is 6.68. The Hall–Kier alpha value is -5.55. The smallest absolute Gasteiger partial charge is 0.238 e. The molecule has 0 bridgehead atoms. The number of allylic oxidation sites excluding steroid dienone is 1. The normalized spacial score (nSPS) is 14.7. The van der Waals surface area contributed by atoms with Crippen molar-refractivity contribution in [2.24, 2.45) is 5.92 Å². The van der Waals surface area contributed by atoms with E-state index in [1.807, 2.05) is 66.7 Å². The lowest BCUT2D eigenvalue weighted by Crippen LogP contribution is -2.08. The van der Waals surface area contributed by atoms with Crippen LogP contribution in [0.25, 0.3) is 78.5 Å². The molecule has 0 saturated carbocycles. The minimum absolute atomic E-state index is 0.431. The third-order valence-corrected chi connectivity index (χ3v) is 8.59. The van der Waals surface area contributed by atoms with Gasteiger partial charge in [0.1, 0.15) is 11.1 Å². The van der Waals surface area contributed by atoms with Crippen LogP contribution in [0.4, 0.5) is 0 Å². The summed E-state index contributed by atoms with van der Waals surface area (Å²) in [6.07, 6.45) is 5.57. The molecule has 1 atom stereocenters. The Labute approximate surface area is 247 Å². The SMILES string of the molecule is CC1C=Cc2c(c3c4ccccc4n(-c4nc(-c5ccccc5)nc(-c5ccccc5)n4)c3c3oc4ccccc4c23)C1. The molecule has 1 aliphatic rings. The lowest BCUT2D eigenvalue weighted by molar-refractivity contribution is 0.670. The van der Waals surface area contributed by atoms with Gasteiger partial charge in [-0.05, 0) is 35.6 Å². The number of hydrogen-bond acceptors (Lipinski definition) is 4. The lowest BCUT2D eigenvalue weighted by Gasteiger charge is -2.19. The molecule has 204 valence electrons. The number of rotatable bonds is 3. The molecule has 3 aromatic heterocycles.